The predicted molar refractivity (Wildman–Crippen MR) is 135 cm³/mol. The maximum absolute atomic E-state index is 13.5. The van der Waals surface area contributed by atoms with Crippen LogP contribution in [-0.4, -0.2) is 94.1 Å². The molecule has 3 aliphatic rings. The van der Waals surface area contributed by atoms with E-state index in [9.17, 15) is 19.2 Å². The van der Waals surface area contributed by atoms with Gasteiger partial charge < -0.3 is 29.2 Å². The molecule has 0 aliphatic carbocycles. The van der Waals surface area contributed by atoms with Crippen molar-refractivity contribution in [3.05, 3.63) is 35.0 Å². The van der Waals surface area contributed by atoms with Crippen molar-refractivity contribution in [2.75, 3.05) is 52.3 Å². The van der Waals surface area contributed by atoms with Gasteiger partial charge in [0.05, 0.1) is 45.5 Å². The van der Waals surface area contributed by atoms with Gasteiger partial charge in [0.2, 0.25) is 0 Å². The molecule has 198 valence electrons. The summed E-state index contributed by atoms with van der Waals surface area (Å²) < 4.78 is 20.5. The first kappa shape index (κ1) is 26.5. The number of carbonyl (C=O) groups is 4. The zero-order chi connectivity index (χ0) is 27.1. The Kier molecular flexibility index (Phi) is 7.18. The van der Waals surface area contributed by atoms with Crippen LogP contribution in [0.3, 0.4) is 0 Å². The van der Waals surface area contributed by atoms with E-state index in [1.54, 1.807) is 19.2 Å². The van der Waals surface area contributed by atoms with E-state index in [-0.39, 0.29) is 30.1 Å². The van der Waals surface area contributed by atoms with Crippen molar-refractivity contribution in [1.29, 1.82) is 0 Å². The number of likely N-dealkylation sites (N-methyl/N-ethyl adjacent to an activating group) is 1. The zero-order valence-electron chi connectivity index (χ0n) is 21.0. The van der Waals surface area contributed by atoms with Gasteiger partial charge in [-0.05, 0) is 30.2 Å². The number of carbonyl (C=O) groups excluding carboxylic acids is 4. The topological polar surface area (TPSA) is 136 Å². The Bertz CT molecular complexity index is 1230. The highest BCUT2D eigenvalue weighted by molar-refractivity contribution is 9.09. The minimum Gasteiger partial charge on any atom is -0.497 e. The standard InChI is InChI=1S/C24H27BrN4O8/c1-28-14-7-6-12(34-2)10-13(14)24-11-15(19(30)35-3)29(23(33)26-9-8-25)22(24)27-17(21(32)37-5)16(18(24)28)20(31)36-4/h6-7,10,15,18H,8-9,11H2,1-5H3,(H,26,33)/t15-,18-,24-/m0/s1. The molecular formula is C24H27BrN4O8. The zero-order valence-corrected chi connectivity index (χ0v) is 22.6. The second kappa shape index (κ2) is 10.0. The Hall–Kier alpha value is -3.61. The Morgan fingerprint density at radius 1 is 1.11 bits per heavy atom. The molecule has 1 aromatic carbocycles. The smallest absolute Gasteiger partial charge is 0.357 e. The SMILES string of the molecule is COC(=O)C1=C(C(=O)OC)[C@@H]2N(C)c3ccc(OC)cc3[C@@]23C[C@@H](C(=O)OC)N(C(=O)NCCBr)C3=N1. The van der Waals surface area contributed by atoms with Gasteiger partial charge in [-0.15, -0.1) is 0 Å². The first-order valence-corrected chi connectivity index (χ1v) is 12.5. The summed E-state index contributed by atoms with van der Waals surface area (Å²) in [5, 5.41) is 3.21. The van der Waals surface area contributed by atoms with Crippen LogP contribution >= 0.6 is 15.9 Å². The van der Waals surface area contributed by atoms with E-state index in [2.05, 4.69) is 26.2 Å². The number of hydrogen-bond acceptors (Lipinski definition) is 10. The summed E-state index contributed by atoms with van der Waals surface area (Å²) in [5.41, 5.74) is -0.169. The number of hydrogen-bond donors (Lipinski definition) is 1. The number of esters is 3. The Labute approximate surface area is 221 Å². The largest absolute Gasteiger partial charge is 0.497 e. The molecule has 0 saturated carbocycles. The third-order valence-corrected chi connectivity index (χ3v) is 7.36. The highest BCUT2D eigenvalue weighted by Crippen LogP contribution is 2.57. The molecule has 12 nitrogen and oxygen atoms in total. The number of amides is 2. The van der Waals surface area contributed by atoms with Crippen molar-refractivity contribution < 1.29 is 38.1 Å². The molecule has 13 heteroatoms. The molecule has 1 saturated heterocycles. The van der Waals surface area contributed by atoms with Crippen molar-refractivity contribution in [1.82, 2.24) is 10.2 Å². The minimum atomic E-state index is -1.20. The van der Waals surface area contributed by atoms with Crippen molar-refractivity contribution in [2.45, 2.75) is 23.9 Å². The summed E-state index contributed by atoms with van der Waals surface area (Å²) in [4.78, 5) is 60.2. The normalized spacial score (nSPS) is 23.5. The molecule has 3 heterocycles. The molecule has 1 fully saturated rings. The van der Waals surface area contributed by atoms with E-state index in [1.165, 1.54) is 26.2 Å². The third kappa shape index (κ3) is 3.83. The molecule has 1 N–H and O–H groups in total. The maximum Gasteiger partial charge on any atom is 0.357 e. The van der Waals surface area contributed by atoms with Gasteiger partial charge in [0.25, 0.3) is 0 Å². The van der Waals surface area contributed by atoms with E-state index >= 15 is 0 Å². The summed E-state index contributed by atoms with van der Waals surface area (Å²) in [6.45, 7) is 0.268. The van der Waals surface area contributed by atoms with Gasteiger partial charge in [-0.25, -0.2) is 24.2 Å². The summed E-state index contributed by atoms with van der Waals surface area (Å²) in [6, 6.07) is 2.80. The summed E-state index contributed by atoms with van der Waals surface area (Å²) in [7, 11) is 6.87. The average Bonchev–Trinajstić information content (AvgIpc) is 3.40. The fourth-order valence-electron chi connectivity index (χ4n) is 5.50. The van der Waals surface area contributed by atoms with Gasteiger partial charge in [-0.3, -0.25) is 4.90 Å². The molecule has 0 aromatic heterocycles. The van der Waals surface area contributed by atoms with Crippen molar-refractivity contribution >= 4 is 51.4 Å². The molecule has 4 rings (SSSR count). The number of methoxy groups -OCH3 is 4. The van der Waals surface area contributed by atoms with E-state index in [1.807, 2.05) is 11.0 Å². The molecule has 2 amide bonds. The number of anilines is 1. The lowest BCUT2D eigenvalue weighted by atomic mass is 9.69. The Morgan fingerprint density at radius 2 is 1.81 bits per heavy atom. The van der Waals surface area contributed by atoms with Crippen LogP contribution in [-0.2, 0) is 34.0 Å². The number of likely N-dealkylation sites (tertiary alicyclic amines) is 1. The molecule has 3 aliphatic heterocycles. The minimum absolute atomic E-state index is 0.0321. The Morgan fingerprint density at radius 3 is 2.41 bits per heavy atom. The molecular weight excluding hydrogens is 552 g/mol. The monoisotopic (exact) mass is 578 g/mol. The number of alkyl halides is 1. The quantitative estimate of drug-likeness (QED) is 0.299. The highest BCUT2D eigenvalue weighted by atomic mass is 79.9. The lowest BCUT2D eigenvalue weighted by molar-refractivity contribution is -0.144. The van der Waals surface area contributed by atoms with E-state index in [0.717, 1.165) is 7.11 Å². The summed E-state index contributed by atoms with van der Waals surface area (Å²) in [6.07, 6.45) is 0.0321. The number of ether oxygens (including phenoxy) is 4. The molecule has 1 spiro atoms. The van der Waals surface area contributed by atoms with Crippen LogP contribution in [0, 0.1) is 0 Å². The fraction of sp³-hybridized carbons (Fsp3) is 0.458. The molecule has 1 aromatic rings. The van der Waals surface area contributed by atoms with Crippen molar-refractivity contribution in [3.8, 4) is 5.75 Å². The number of halogens is 1. The predicted octanol–water partition coefficient (Wildman–Crippen LogP) is 1.12. The summed E-state index contributed by atoms with van der Waals surface area (Å²) >= 11 is 3.28. The molecule has 0 unspecified atom stereocenters. The molecule has 0 bridgehead atoms. The number of nitrogens with one attached hydrogen (secondary N) is 1. The fourth-order valence-corrected chi connectivity index (χ4v) is 5.70. The van der Waals surface area contributed by atoms with Crippen LogP contribution in [0.4, 0.5) is 10.5 Å². The van der Waals surface area contributed by atoms with Crippen molar-refractivity contribution in [2.24, 2.45) is 4.99 Å². The highest BCUT2D eigenvalue weighted by Gasteiger charge is 2.67. The van der Waals surface area contributed by atoms with Crippen LogP contribution in [0.2, 0.25) is 0 Å². The lowest BCUT2D eigenvalue weighted by Crippen LogP contribution is -2.56. The van der Waals surface area contributed by atoms with Crippen LogP contribution in [0.1, 0.15) is 12.0 Å². The van der Waals surface area contributed by atoms with Crippen LogP contribution in [0.15, 0.2) is 34.5 Å². The first-order valence-electron chi connectivity index (χ1n) is 11.3. The number of fused-ring (bicyclic) bond motifs is 1. The lowest BCUT2D eigenvalue weighted by Gasteiger charge is -2.39. The van der Waals surface area contributed by atoms with Crippen LogP contribution in [0.5, 0.6) is 5.75 Å². The number of nitrogens with zero attached hydrogens (tertiary/aromatic N) is 3. The summed E-state index contributed by atoms with van der Waals surface area (Å²) in [5.74, 6) is -1.69. The van der Waals surface area contributed by atoms with E-state index < -0.39 is 41.4 Å². The van der Waals surface area contributed by atoms with Gasteiger partial charge >= 0.3 is 23.9 Å². The van der Waals surface area contributed by atoms with Crippen LogP contribution in [0.25, 0.3) is 0 Å². The number of rotatable bonds is 6. The second-order valence-electron chi connectivity index (χ2n) is 8.58. The van der Waals surface area contributed by atoms with Gasteiger partial charge in [-0.2, -0.15) is 0 Å². The molecule has 3 atom stereocenters. The van der Waals surface area contributed by atoms with Crippen LogP contribution < -0.4 is 15.0 Å². The maximum atomic E-state index is 13.5. The van der Waals surface area contributed by atoms with Crippen molar-refractivity contribution in [3.63, 3.8) is 0 Å². The third-order valence-electron chi connectivity index (χ3n) is 6.97. The average molecular weight is 579 g/mol. The van der Waals surface area contributed by atoms with E-state index in [4.69, 9.17) is 18.9 Å². The number of amidine groups is 1. The van der Waals surface area contributed by atoms with Gasteiger partial charge in [0, 0.05) is 24.6 Å². The van der Waals surface area contributed by atoms with Gasteiger partial charge in [-0.1, -0.05) is 15.9 Å². The van der Waals surface area contributed by atoms with E-state index in [0.29, 0.717) is 22.3 Å². The molecule has 37 heavy (non-hydrogen) atoms. The number of aliphatic imine (C=N–C) groups is 1. The van der Waals surface area contributed by atoms with Gasteiger partial charge in [0.1, 0.15) is 17.6 Å². The number of benzene rings is 1. The van der Waals surface area contributed by atoms with Gasteiger partial charge in [0.15, 0.2) is 5.70 Å². The Balaban J connectivity index is 2.08. The number of urea groups is 1. The first-order chi connectivity index (χ1) is 17.7. The second-order valence-corrected chi connectivity index (χ2v) is 9.38. The molecule has 0 radical (unpaired) electrons.